The summed E-state index contributed by atoms with van der Waals surface area (Å²) in [6.07, 6.45) is 8.42. The predicted molar refractivity (Wildman–Crippen MR) is 115 cm³/mol. The van der Waals surface area contributed by atoms with Crippen LogP contribution in [0.1, 0.15) is 41.1 Å². The van der Waals surface area contributed by atoms with Crippen molar-refractivity contribution in [1.29, 1.82) is 0 Å². The van der Waals surface area contributed by atoms with Crippen molar-refractivity contribution in [3.05, 3.63) is 88.2 Å². The maximum Gasteiger partial charge on any atom is 0.228 e. The third-order valence-corrected chi connectivity index (χ3v) is 5.45. The summed E-state index contributed by atoms with van der Waals surface area (Å²) in [4.78, 5) is 24.1. The molecule has 3 aromatic rings. The van der Waals surface area contributed by atoms with Crippen molar-refractivity contribution in [2.24, 2.45) is 5.73 Å². The average molecular weight is 409 g/mol. The number of pyridine rings is 1. The zero-order valence-corrected chi connectivity index (χ0v) is 17.5. The smallest absolute Gasteiger partial charge is 0.228 e. The molecule has 2 heterocycles. The molecule has 1 aromatic carbocycles. The minimum Gasteiger partial charge on any atom is -0.369 e. The number of rotatable bonds is 5. The molecular weight excluding hydrogens is 384 g/mol. The Morgan fingerprint density at radius 2 is 1.86 bits per heavy atom. The molecule has 150 valence electrons. The van der Waals surface area contributed by atoms with Gasteiger partial charge in [-0.15, -0.1) is 0 Å². The molecule has 1 saturated carbocycles. The van der Waals surface area contributed by atoms with Crippen LogP contribution in [0, 0.1) is 13.8 Å². The Hall–Kier alpha value is -2.79. The van der Waals surface area contributed by atoms with Gasteiger partial charge in [-0.05, 0) is 62.3 Å². The zero-order chi connectivity index (χ0) is 20.9. The van der Waals surface area contributed by atoms with Gasteiger partial charge in [0.25, 0.3) is 0 Å². The molecule has 0 saturated heterocycles. The van der Waals surface area contributed by atoms with E-state index in [-0.39, 0.29) is 5.91 Å². The van der Waals surface area contributed by atoms with Crippen molar-refractivity contribution < 1.29 is 4.79 Å². The molecule has 0 atom stereocenters. The molecule has 29 heavy (non-hydrogen) atoms. The number of benzene rings is 1. The minimum absolute atomic E-state index is 0.226. The summed E-state index contributed by atoms with van der Waals surface area (Å²) in [7, 11) is 0. The Morgan fingerprint density at radius 1 is 1.10 bits per heavy atom. The normalized spacial score (nSPS) is 13.9. The van der Waals surface area contributed by atoms with Crippen LogP contribution in [0.25, 0.3) is 0 Å². The van der Waals surface area contributed by atoms with Gasteiger partial charge in [-0.2, -0.15) is 0 Å². The molecule has 1 aliphatic rings. The van der Waals surface area contributed by atoms with E-state index in [1.807, 2.05) is 50.4 Å². The number of halogens is 1. The van der Waals surface area contributed by atoms with Crippen LogP contribution in [-0.4, -0.2) is 20.9 Å². The van der Waals surface area contributed by atoms with E-state index in [0.717, 1.165) is 36.1 Å². The molecule has 1 amide bonds. The van der Waals surface area contributed by atoms with Crippen LogP contribution >= 0.6 is 11.6 Å². The van der Waals surface area contributed by atoms with Gasteiger partial charge in [-0.3, -0.25) is 9.78 Å². The van der Waals surface area contributed by atoms with Crippen molar-refractivity contribution in [2.45, 2.75) is 44.9 Å². The number of nitrogens with two attached hydrogens (primary N) is 1. The van der Waals surface area contributed by atoms with Crippen LogP contribution in [0.3, 0.4) is 0 Å². The largest absolute Gasteiger partial charge is 0.369 e. The van der Waals surface area contributed by atoms with Gasteiger partial charge in [0.2, 0.25) is 5.91 Å². The van der Waals surface area contributed by atoms with E-state index in [4.69, 9.17) is 17.3 Å². The van der Waals surface area contributed by atoms with E-state index in [1.54, 1.807) is 12.4 Å². The SMILES string of the molecule is Cc1cccnc1.Cc1ncc(Cl)c(CCc2ccccc2C2(C(N)=O)CC2)n1. The zero-order valence-electron chi connectivity index (χ0n) is 16.7. The highest BCUT2D eigenvalue weighted by Gasteiger charge is 2.50. The molecule has 4 rings (SSSR count). The monoisotopic (exact) mass is 408 g/mol. The van der Waals surface area contributed by atoms with E-state index in [9.17, 15) is 4.79 Å². The van der Waals surface area contributed by atoms with Gasteiger partial charge in [0.1, 0.15) is 5.82 Å². The second-order valence-corrected chi connectivity index (χ2v) is 7.75. The summed E-state index contributed by atoms with van der Waals surface area (Å²) >= 11 is 6.16. The van der Waals surface area contributed by atoms with Crippen molar-refractivity contribution >= 4 is 17.5 Å². The number of aromatic nitrogens is 3. The fourth-order valence-electron chi connectivity index (χ4n) is 3.36. The van der Waals surface area contributed by atoms with Crippen LogP contribution < -0.4 is 5.73 Å². The van der Waals surface area contributed by atoms with Gasteiger partial charge in [-0.1, -0.05) is 41.9 Å². The van der Waals surface area contributed by atoms with E-state index in [2.05, 4.69) is 21.0 Å². The first-order valence-corrected chi connectivity index (χ1v) is 10.0. The topological polar surface area (TPSA) is 81.8 Å². The second kappa shape index (κ2) is 9.14. The van der Waals surface area contributed by atoms with Gasteiger partial charge in [0.05, 0.1) is 16.1 Å². The number of hydrogen-bond donors (Lipinski definition) is 1. The van der Waals surface area contributed by atoms with Crippen LogP contribution in [0.5, 0.6) is 0 Å². The summed E-state index contributed by atoms with van der Waals surface area (Å²) in [6, 6.07) is 12.0. The molecule has 0 unspecified atom stereocenters. The lowest BCUT2D eigenvalue weighted by Gasteiger charge is -2.16. The van der Waals surface area contributed by atoms with Crippen molar-refractivity contribution in [3.63, 3.8) is 0 Å². The number of primary amides is 1. The van der Waals surface area contributed by atoms with Crippen molar-refractivity contribution in [2.75, 3.05) is 0 Å². The van der Waals surface area contributed by atoms with Gasteiger partial charge in [0, 0.05) is 18.6 Å². The first-order chi connectivity index (χ1) is 13.9. The van der Waals surface area contributed by atoms with Gasteiger partial charge >= 0.3 is 0 Å². The fourth-order valence-corrected chi connectivity index (χ4v) is 3.54. The van der Waals surface area contributed by atoms with E-state index in [1.165, 1.54) is 5.56 Å². The lowest BCUT2D eigenvalue weighted by molar-refractivity contribution is -0.120. The number of carbonyl (C=O) groups is 1. The maximum atomic E-state index is 11.8. The van der Waals surface area contributed by atoms with Crippen LogP contribution in [0.2, 0.25) is 5.02 Å². The molecule has 1 fully saturated rings. The highest BCUT2D eigenvalue weighted by atomic mass is 35.5. The third-order valence-electron chi connectivity index (χ3n) is 5.13. The number of carbonyl (C=O) groups excluding carboxylic acids is 1. The predicted octanol–water partition coefficient (Wildman–Crippen LogP) is 4.13. The van der Waals surface area contributed by atoms with Gasteiger partial charge in [0.15, 0.2) is 0 Å². The molecule has 6 heteroatoms. The number of aryl methyl sites for hydroxylation is 4. The molecule has 5 nitrogen and oxygen atoms in total. The Balaban J connectivity index is 0.000000290. The highest BCUT2D eigenvalue weighted by Crippen LogP contribution is 2.49. The van der Waals surface area contributed by atoms with Crippen LogP contribution in [0.4, 0.5) is 0 Å². The molecular formula is C23H25ClN4O. The first kappa shape index (κ1) is 20.9. The standard InChI is InChI=1S/C17H18ClN3O.C6H7N/c1-11-20-10-14(18)15(21-11)7-6-12-4-2-3-5-13(12)17(8-9-17)16(19)22;1-6-3-2-4-7-5-6/h2-5,10H,6-9H2,1H3,(H2,19,22);2-5H,1H3. The highest BCUT2D eigenvalue weighted by molar-refractivity contribution is 6.31. The Bertz CT molecular complexity index is 987. The van der Waals surface area contributed by atoms with E-state index < -0.39 is 5.41 Å². The van der Waals surface area contributed by atoms with Crippen molar-refractivity contribution in [3.8, 4) is 0 Å². The number of hydrogen-bond acceptors (Lipinski definition) is 4. The quantitative estimate of drug-likeness (QED) is 0.688. The van der Waals surface area contributed by atoms with Crippen LogP contribution in [-0.2, 0) is 23.1 Å². The van der Waals surface area contributed by atoms with Crippen LogP contribution in [0.15, 0.2) is 55.0 Å². The van der Waals surface area contributed by atoms with Crippen molar-refractivity contribution in [1.82, 2.24) is 15.0 Å². The lowest BCUT2D eigenvalue weighted by atomic mass is 9.88. The molecule has 1 aliphatic carbocycles. The average Bonchev–Trinajstić information content (AvgIpc) is 3.52. The molecule has 2 aromatic heterocycles. The fraction of sp³-hybridized carbons (Fsp3) is 0.304. The van der Waals surface area contributed by atoms with E-state index >= 15 is 0 Å². The number of amides is 1. The molecule has 0 aliphatic heterocycles. The molecule has 0 bridgehead atoms. The molecule has 0 spiro atoms. The Morgan fingerprint density at radius 3 is 2.45 bits per heavy atom. The summed E-state index contributed by atoms with van der Waals surface area (Å²) in [5.74, 6) is 0.486. The molecule has 2 N–H and O–H groups in total. The summed E-state index contributed by atoms with van der Waals surface area (Å²) < 4.78 is 0. The molecule has 0 radical (unpaired) electrons. The van der Waals surface area contributed by atoms with E-state index in [0.29, 0.717) is 17.3 Å². The Kier molecular flexibility index (Phi) is 6.60. The summed E-state index contributed by atoms with van der Waals surface area (Å²) in [6.45, 7) is 3.87. The third kappa shape index (κ3) is 5.18. The second-order valence-electron chi connectivity index (χ2n) is 7.35. The first-order valence-electron chi connectivity index (χ1n) is 9.65. The number of nitrogens with zero attached hydrogens (tertiary/aromatic N) is 3. The Labute approximate surface area is 176 Å². The maximum absolute atomic E-state index is 11.8. The summed E-state index contributed by atoms with van der Waals surface area (Å²) in [5, 5.41) is 0.583. The summed E-state index contributed by atoms with van der Waals surface area (Å²) in [5.41, 5.74) is 9.40. The minimum atomic E-state index is -0.456. The lowest BCUT2D eigenvalue weighted by Crippen LogP contribution is -2.29. The van der Waals surface area contributed by atoms with Gasteiger partial charge < -0.3 is 5.73 Å². The van der Waals surface area contributed by atoms with Gasteiger partial charge in [-0.25, -0.2) is 9.97 Å².